The van der Waals surface area contributed by atoms with Crippen LogP contribution in [-0.2, 0) is 4.79 Å². The SMILES string of the molecule is CC(=O)[C@@H]1C[C@H](CCN2CCCCC2)C1(C)C. The average Bonchev–Trinajstić information content (AvgIpc) is 2.28. The lowest BCUT2D eigenvalue weighted by Gasteiger charge is -2.52. The van der Waals surface area contributed by atoms with Gasteiger partial charge in [-0.2, -0.15) is 0 Å². The van der Waals surface area contributed by atoms with Crippen LogP contribution in [-0.4, -0.2) is 30.3 Å². The molecule has 1 heterocycles. The van der Waals surface area contributed by atoms with Crippen molar-refractivity contribution < 1.29 is 4.79 Å². The molecule has 0 amide bonds. The molecule has 2 fully saturated rings. The first-order valence-corrected chi connectivity index (χ1v) is 7.24. The molecule has 0 aromatic carbocycles. The molecule has 0 spiro atoms. The molecular formula is C15H27NO. The Morgan fingerprint density at radius 1 is 1.24 bits per heavy atom. The second-order valence-corrected chi connectivity index (χ2v) is 6.61. The minimum absolute atomic E-state index is 0.252. The van der Waals surface area contributed by atoms with Gasteiger partial charge in [0.2, 0.25) is 0 Å². The summed E-state index contributed by atoms with van der Waals surface area (Å²) < 4.78 is 0. The predicted octanol–water partition coefficient (Wildman–Crippen LogP) is 3.11. The molecule has 0 unspecified atom stereocenters. The highest BCUT2D eigenvalue weighted by molar-refractivity contribution is 5.80. The van der Waals surface area contributed by atoms with Gasteiger partial charge in [-0.05, 0) is 63.6 Å². The minimum Gasteiger partial charge on any atom is -0.303 e. The van der Waals surface area contributed by atoms with Crippen LogP contribution in [0, 0.1) is 17.3 Å². The molecule has 1 saturated heterocycles. The molecule has 2 atom stereocenters. The molecule has 1 saturated carbocycles. The quantitative estimate of drug-likeness (QED) is 0.749. The summed E-state index contributed by atoms with van der Waals surface area (Å²) in [4.78, 5) is 14.1. The second kappa shape index (κ2) is 5.09. The fourth-order valence-electron chi connectivity index (χ4n) is 3.72. The number of carbonyl (C=O) groups excluding carboxylic acids is 1. The maximum absolute atomic E-state index is 11.5. The molecular weight excluding hydrogens is 210 g/mol. The van der Waals surface area contributed by atoms with E-state index in [2.05, 4.69) is 18.7 Å². The summed E-state index contributed by atoms with van der Waals surface area (Å²) in [5, 5.41) is 0. The molecule has 0 N–H and O–H groups in total. The number of nitrogens with zero attached hydrogens (tertiary/aromatic N) is 1. The van der Waals surface area contributed by atoms with Gasteiger partial charge in [-0.15, -0.1) is 0 Å². The zero-order valence-electron chi connectivity index (χ0n) is 11.7. The number of likely N-dealkylation sites (tertiary alicyclic amines) is 1. The number of carbonyl (C=O) groups is 1. The van der Waals surface area contributed by atoms with Gasteiger partial charge in [0.25, 0.3) is 0 Å². The third-order valence-electron chi connectivity index (χ3n) is 5.20. The van der Waals surface area contributed by atoms with Gasteiger partial charge in [0, 0.05) is 5.92 Å². The first-order chi connectivity index (χ1) is 8.01. The highest BCUT2D eigenvalue weighted by atomic mass is 16.1. The molecule has 1 aliphatic carbocycles. The number of Topliss-reactive ketones (excluding diaryl/α,β-unsaturated/α-hetero) is 1. The first kappa shape index (κ1) is 13.1. The molecule has 0 aromatic rings. The van der Waals surface area contributed by atoms with E-state index in [-0.39, 0.29) is 5.41 Å². The van der Waals surface area contributed by atoms with Crippen molar-refractivity contribution >= 4 is 5.78 Å². The van der Waals surface area contributed by atoms with Crippen LogP contribution in [0.2, 0.25) is 0 Å². The van der Waals surface area contributed by atoms with Crippen molar-refractivity contribution in [1.82, 2.24) is 4.90 Å². The standard InChI is InChI=1S/C15H27NO/c1-12(17)14-11-13(15(14,2)3)7-10-16-8-5-4-6-9-16/h13-14H,4-11H2,1-3H3/t13-,14-/m0/s1. The zero-order chi connectivity index (χ0) is 12.5. The summed E-state index contributed by atoms with van der Waals surface area (Å²) in [5.41, 5.74) is 0.252. The molecule has 2 heteroatoms. The van der Waals surface area contributed by atoms with Crippen LogP contribution >= 0.6 is 0 Å². The van der Waals surface area contributed by atoms with E-state index >= 15 is 0 Å². The lowest BCUT2D eigenvalue weighted by Crippen LogP contribution is -2.49. The van der Waals surface area contributed by atoms with Crippen molar-refractivity contribution in [1.29, 1.82) is 0 Å². The fourth-order valence-corrected chi connectivity index (χ4v) is 3.72. The van der Waals surface area contributed by atoms with Crippen molar-refractivity contribution in [3.63, 3.8) is 0 Å². The Labute approximate surface area is 106 Å². The average molecular weight is 237 g/mol. The Kier molecular flexibility index (Phi) is 3.92. The Bertz CT molecular complexity index is 279. The number of hydrogen-bond donors (Lipinski definition) is 0. The van der Waals surface area contributed by atoms with E-state index in [1.54, 1.807) is 6.92 Å². The van der Waals surface area contributed by atoms with E-state index in [9.17, 15) is 4.79 Å². The van der Waals surface area contributed by atoms with Crippen LogP contribution in [0.3, 0.4) is 0 Å². The van der Waals surface area contributed by atoms with Gasteiger partial charge in [-0.1, -0.05) is 20.3 Å². The summed E-state index contributed by atoms with van der Waals surface area (Å²) in [7, 11) is 0. The van der Waals surface area contributed by atoms with Crippen molar-refractivity contribution in [2.45, 2.75) is 52.9 Å². The lowest BCUT2D eigenvalue weighted by atomic mass is 9.53. The van der Waals surface area contributed by atoms with Crippen LogP contribution in [0.4, 0.5) is 0 Å². The third-order valence-corrected chi connectivity index (χ3v) is 5.20. The van der Waals surface area contributed by atoms with Crippen LogP contribution in [0.5, 0.6) is 0 Å². The normalized spacial score (nSPS) is 33.1. The topological polar surface area (TPSA) is 20.3 Å². The van der Waals surface area contributed by atoms with E-state index in [1.165, 1.54) is 45.3 Å². The van der Waals surface area contributed by atoms with Crippen molar-refractivity contribution in [2.24, 2.45) is 17.3 Å². The summed E-state index contributed by atoms with van der Waals surface area (Å²) >= 11 is 0. The van der Waals surface area contributed by atoms with Crippen LogP contribution in [0.15, 0.2) is 0 Å². The largest absolute Gasteiger partial charge is 0.303 e. The Morgan fingerprint density at radius 2 is 1.88 bits per heavy atom. The minimum atomic E-state index is 0.252. The van der Waals surface area contributed by atoms with Crippen molar-refractivity contribution in [2.75, 3.05) is 19.6 Å². The summed E-state index contributed by atoms with van der Waals surface area (Å²) in [6.45, 7) is 10.2. The smallest absolute Gasteiger partial charge is 0.133 e. The lowest BCUT2D eigenvalue weighted by molar-refractivity contribution is -0.136. The van der Waals surface area contributed by atoms with E-state index in [1.807, 2.05) is 0 Å². The highest BCUT2D eigenvalue weighted by Crippen LogP contribution is 2.53. The monoisotopic (exact) mass is 237 g/mol. The van der Waals surface area contributed by atoms with E-state index in [4.69, 9.17) is 0 Å². The van der Waals surface area contributed by atoms with Gasteiger partial charge in [0.1, 0.15) is 5.78 Å². The molecule has 0 radical (unpaired) electrons. The van der Waals surface area contributed by atoms with Gasteiger partial charge >= 0.3 is 0 Å². The molecule has 17 heavy (non-hydrogen) atoms. The van der Waals surface area contributed by atoms with E-state index < -0.39 is 0 Å². The van der Waals surface area contributed by atoms with Gasteiger partial charge < -0.3 is 4.90 Å². The van der Waals surface area contributed by atoms with E-state index in [0.717, 1.165) is 12.3 Å². The first-order valence-electron chi connectivity index (χ1n) is 7.24. The summed E-state index contributed by atoms with van der Waals surface area (Å²) in [5.74, 6) is 1.48. The number of ketones is 1. The second-order valence-electron chi connectivity index (χ2n) is 6.61. The number of hydrogen-bond acceptors (Lipinski definition) is 2. The molecule has 0 aromatic heterocycles. The van der Waals surface area contributed by atoms with Gasteiger partial charge in [-0.25, -0.2) is 0 Å². The number of piperidine rings is 1. The maximum Gasteiger partial charge on any atom is 0.133 e. The Morgan fingerprint density at radius 3 is 2.41 bits per heavy atom. The van der Waals surface area contributed by atoms with Crippen molar-refractivity contribution in [3.05, 3.63) is 0 Å². The van der Waals surface area contributed by atoms with Gasteiger partial charge in [0.15, 0.2) is 0 Å². The maximum atomic E-state index is 11.5. The summed E-state index contributed by atoms with van der Waals surface area (Å²) in [6, 6.07) is 0. The summed E-state index contributed by atoms with van der Waals surface area (Å²) in [6.07, 6.45) is 6.60. The highest BCUT2D eigenvalue weighted by Gasteiger charge is 2.49. The molecule has 0 bridgehead atoms. The van der Waals surface area contributed by atoms with Crippen LogP contribution in [0.1, 0.15) is 52.9 Å². The van der Waals surface area contributed by atoms with E-state index in [0.29, 0.717) is 11.7 Å². The Balaban J connectivity index is 1.75. The number of rotatable bonds is 4. The molecule has 98 valence electrons. The third kappa shape index (κ3) is 2.73. The van der Waals surface area contributed by atoms with Gasteiger partial charge in [-0.3, -0.25) is 4.79 Å². The molecule has 2 aliphatic rings. The molecule has 1 aliphatic heterocycles. The van der Waals surface area contributed by atoms with Crippen LogP contribution < -0.4 is 0 Å². The van der Waals surface area contributed by atoms with Crippen molar-refractivity contribution in [3.8, 4) is 0 Å². The van der Waals surface area contributed by atoms with Crippen LogP contribution in [0.25, 0.3) is 0 Å². The predicted molar refractivity (Wildman–Crippen MR) is 71.0 cm³/mol. The zero-order valence-corrected chi connectivity index (χ0v) is 11.7. The molecule has 2 nitrogen and oxygen atoms in total. The Hall–Kier alpha value is -0.370. The molecule has 2 rings (SSSR count). The van der Waals surface area contributed by atoms with Gasteiger partial charge in [0.05, 0.1) is 0 Å². The fraction of sp³-hybridized carbons (Fsp3) is 0.933.